The Balaban J connectivity index is 2.11. The van der Waals surface area contributed by atoms with Gasteiger partial charge in [0.15, 0.2) is 5.13 Å². The quantitative estimate of drug-likeness (QED) is 0.740. The number of piperidine rings is 1. The summed E-state index contributed by atoms with van der Waals surface area (Å²) in [5.41, 5.74) is 5.73. The van der Waals surface area contributed by atoms with E-state index in [1.165, 1.54) is 7.05 Å². The van der Waals surface area contributed by atoms with Crippen molar-refractivity contribution in [3.63, 3.8) is 0 Å². The molecular weight excluding hydrogens is 294 g/mol. The number of likely N-dealkylation sites (N-methyl/N-ethyl adjacent to an activating group) is 1. The molecule has 1 unspecified atom stereocenters. The molecule has 3 amide bonds. The molecule has 2 rings (SSSR count). The van der Waals surface area contributed by atoms with Crippen LogP contribution >= 0.6 is 11.3 Å². The summed E-state index contributed by atoms with van der Waals surface area (Å²) in [6, 6.07) is -0.704. The highest BCUT2D eigenvalue weighted by Crippen LogP contribution is 2.27. The van der Waals surface area contributed by atoms with Crippen molar-refractivity contribution in [1.82, 2.24) is 15.2 Å². The molecule has 21 heavy (non-hydrogen) atoms. The molecule has 2 heterocycles. The molecule has 0 saturated carbocycles. The van der Waals surface area contributed by atoms with Crippen molar-refractivity contribution in [3.8, 4) is 0 Å². The molecule has 1 aromatic heterocycles. The zero-order chi connectivity index (χ0) is 15.7. The zero-order valence-corrected chi connectivity index (χ0v) is 12.9. The number of nitrogens with two attached hydrogens (primary N) is 1. The number of hydrogen-bond acceptors (Lipinski definition) is 7. The molecule has 114 valence electrons. The maximum Gasteiger partial charge on any atom is 0.265 e. The third kappa shape index (κ3) is 2.97. The number of imide groups is 1. The van der Waals surface area contributed by atoms with Crippen molar-refractivity contribution in [3.05, 3.63) is 4.88 Å². The van der Waals surface area contributed by atoms with Crippen LogP contribution in [0.2, 0.25) is 0 Å². The Kier molecular flexibility index (Phi) is 4.12. The Hall–Kier alpha value is -2.16. The molecule has 1 aliphatic heterocycles. The largest absolute Gasteiger partial charge is 0.382 e. The number of nitrogens with one attached hydrogen (secondary N) is 1. The summed E-state index contributed by atoms with van der Waals surface area (Å²) in [4.78, 5) is 42.7. The second-order valence-corrected chi connectivity index (χ2v) is 5.94. The van der Waals surface area contributed by atoms with Gasteiger partial charge in [0.1, 0.15) is 16.7 Å². The summed E-state index contributed by atoms with van der Waals surface area (Å²) < 4.78 is 0. The van der Waals surface area contributed by atoms with Crippen LogP contribution in [0.5, 0.6) is 0 Å². The molecule has 1 aromatic rings. The van der Waals surface area contributed by atoms with Gasteiger partial charge in [-0.1, -0.05) is 11.3 Å². The molecule has 1 atom stereocenters. The first kappa shape index (κ1) is 15.2. The fourth-order valence-electron chi connectivity index (χ4n) is 1.95. The van der Waals surface area contributed by atoms with E-state index in [0.29, 0.717) is 11.6 Å². The van der Waals surface area contributed by atoms with Gasteiger partial charge in [-0.15, -0.1) is 0 Å². The molecule has 8 nitrogen and oxygen atoms in total. The van der Waals surface area contributed by atoms with Crippen molar-refractivity contribution >= 4 is 40.0 Å². The van der Waals surface area contributed by atoms with E-state index in [2.05, 4.69) is 10.3 Å². The van der Waals surface area contributed by atoms with E-state index in [-0.39, 0.29) is 23.0 Å². The van der Waals surface area contributed by atoms with Crippen LogP contribution in [0.25, 0.3) is 0 Å². The van der Waals surface area contributed by atoms with Gasteiger partial charge in [-0.25, -0.2) is 4.98 Å². The van der Waals surface area contributed by atoms with Crippen LogP contribution in [0.4, 0.5) is 10.9 Å². The van der Waals surface area contributed by atoms with E-state index in [4.69, 9.17) is 5.73 Å². The van der Waals surface area contributed by atoms with Gasteiger partial charge in [0.05, 0.1) is 0 Å². The summed E-state index contributed by atoms with van der Waals surface area (Å²) >= 11 is 1.15. The lowest BCUT2D eigenvalue weighted by Crippen LogP contribution is -2.52. The number of anilines is 2. The number of aromatic nitrogens is 1. The number of nitrogen functional groups attached to an aromatic ring is 1. The van der Waals surface area contributed by atoms with Crippen LogP contribution in [0, 0.1) is 0 Å². The van der Waals surface area contributed by atoms with E-state index in [1.807, 2.05) is 0 Å². The Morgan fingerprint density at radius 2 is 2.14 bits per heavy atom. The Labute approximate surface area is 125 Å². The molecular formula is C12H17N5O3S. The van der Waals surface area contributed by atoms with Gasteiger partial charge in [0.2, 0.25) is 5.91 Å². The summed E-state index contributed by atoms with van der Waals surface area (Å²) in [6.07, 6.45) is 0.529. The van der Waals surface area contributed by atoms with Crippen molar-refractivity contribution in [2.45, 2.75) is 18.9 Å². The van der Waals surface area contributed by atoms with E-state index < -0.39 is 17.9 Å². The van der Waals surface area contributed by atoms with Gasteiger partial charge in [0, 0.05) is 27.6 Å². The Morgan fingerprint density at radius 3 is 2.71 bits per heavy atom. The monoisotopic (exact) mass is 311 g/mol. The molecule has 0 bridgehead atoms. The lowest BCUT2D eigenvalue weighted by molar-refractivity contribution is -0.147. The Bertz CT molecular complexity index is 598. The third-order valence-corrected chi connectivity index (χ3v) is 4.42. The van der Waals surface area contributed by atoms with E-state index in [9.17, 15) is 14.4 Å². The van der Waals surface area contributed by atoms with Gasteiger partial charge in [-0.2, -0.15) is 0 Å². The van der Waals surface area contributed by atoms with Gasteiger partial charge in [-0.3, -0.25) is 19.3 Å². The SMILES string of the molecule is CN1C(=O)CCC(NC(=O)c2sc(N(C)C)nc2N)C1=O. The van der Waals surface area contributed by atoms with Crippen LogP contribution in [0.15, 0.2) is 0 Å². The van der Waals surface area contributed by atoms with Crippen molar-refractivity contribution in [2.75, 3.05) is 31.8 Å². The fraction of sp³-hybridized carbons (Fsp3) is 0.500. The average Bonchev–Trinajstić information content (AvgIpc) is 2.82. The number of amides is 3. The van der Waals surface area contributed by atoms with E-state index in [0.717, 1.165) is 16.2 Å². The molecule has 1 saturated heterocycles. The summed E-state index contributed by atoms with van der Waals surface area (Å²) in [5, 5.41) is 3.23. The molecule has 0 aliphatic carbocycles. The van der Waals surface area contributed by atoms with Crippen LogP contribution in [-0.2, 0) is 9.59 Å². The molecule has 0 spiro atoms. The van der Waals surface area contributed by atoms with Gasteiger partial charge < -0.3 is 16.0 Å². The average molecular weight is 311 g/mol. The molecule has 1 fully saturated rings. The highest BCUT2D eigenvalue weighted by Gasteiger charge is 2.33. The zero-order valence-electron chi connectivity index (χ0n) is 12.0. The van der Waals surface area contributed by atoms with Crippen LogP contribution in [0.3, 0.4) is 0 Å². The number of rotatable bonds is 3. The summed E-state index contributed by atoms with van der Waals surface area (Å²) in [7, 11) is 5.00. The van der Waals surface area contributed by atoms with Gasteiger partial charge in [0.25, 0.3) is 11.8 Å². The molecule has 1 aliphatic rings. The lowest BCUT2D eigenvalue weighted by atomic mass is 10.0. The normalized spacial score (nSPS) is 18.8. The van der Waals surface area contributed by atoms with E-state index in [1.54, 1.807) is 19.0 Å². The minimum absolute atomic E-state index is 0.133. The van der Waals surface area contributed by atoms with Gasteiger partial charge >= 0.3 is 0 Å². The maximum absolute atomic E-state index is 12.2. The predicted molar refractivity (Wildman–Crippen MR) is 79.1 cm³/mol. The molecule has 0 radical (unpaired) electrons. The first-order chi connectivity index (χ1) is 9.81. The molecule has 0 aromatic carbocycles. The number of carbonyl (C=O) groups is 3. The lowest BCUT2D eigenvalue weighted by Gasteiger charge is -2.27. The standard InChI is InChI=1S/C12H17N5O3S/c1-16(2)12-15-9(13)8(21-12)10(19)14-6-4-5-7(18)17(3)11(6)20/h6H,4-5,13H2,1-3H3,(H,14,19). The number of nitrogens with zero attached hydrogens (tertiary/aromatic N) is 3. The minimum Gasteiger partial charge on any atom is -0.382 e. The summed E-state index contributed by atoms with van der Waals surface area (Å²) in [5.74, 6) is -0.957. The number of thiazole rings is 1. The van der Waals surface area contributed by atoms with Crippen molar-refractivity contribution < 1.29 is 14.4 Å². The molecule has 9 heteroatoms. The second-order valence-electron chi connectivity index (χ2n) is 4.96. The van der Waals surface area contributed by atoms with Crippen molar-refractivity contribution in [2.24, 2.45) is 0 Å². The first-order valence-corrected chi connectivity index (χ1v) is 7.17. The summed E-state index contributed by atoms with van der Waals surface area (Å²) in [6.45, 7) is 0. The maximum atomic E-state index is 12.2. The van der Waals surface area contributed by atoms with Crippen molar-refractivity contribution in [1.29, 1.82) is 0 Å². The Morgan fingerprint density at radius 1 is 1.48 bits per heavy atom. The predicted octanol–water partition coefficient (Wildman–Crippen LogP) is -0.331. The second kappa shape index (κ2) is 5.68. The topological polar surface area (TPSA) is 109 Å². The smallest absolute Gasteiger partial charge is 0.265 e. The van der Waals surface area contributed by atoms with Crippen LogP contribution in [-0.4, -0.2) is 54.8 Å². The van der Waals surface area contributed by atoms with Crippen LogP contribution in [0.1, 0.15) is 22.5 Å². The first-order valence-electron chi connectivity index (χ1n) is 6.36. The number of likely N-dealkylation sites (tertiary alicyclic amines) is 1. The molecule has 3 N–H and O–H groups in total. The van der Waals surface area contributed by atoms with Gasteiger partial charge in [-0.05, 0) is 6.42 Å². The minimum atomic E-state index is -0.704. The highest BCUT2D eigenvalue weighted by atomic mass is 32.1. The third-order valence-electron chi connectivity index (χ3n) is 3.19. The highest BCUT2D eigenvalue weighted by molar-refractivity contribution is 7.18. The van der Waals surface area contributed by atoms with E-state index >= 15 is 0 Å². The number of carbonyl (C=O) groups excluding carboxylic acids is 3. The van der Waals surface area contributed by atoms with Crippen LogP contribution < -0.4 is 16.0 Å². The fourth-order valence-corrected chi connectivity index (χ4v) is 2.76. The number of hydrogen-bond donors (Lipinski definition) is 2.